The van der Waals surface area contributed by atoms with Gasteiger partial charge in [0.1, 0.15) is 17.8 Å². The number of nitrogens with zero attached hydrogens (tertiary/aromatic N) is 5. The quantitative estimate of drug-likeness (QED) is 0.747. The van der Waals surface area contributed by atoms with Crippen LogP contribution in [0.25, 0.3) is 11.0 Å². The van der Waals surface area contributed by atoms with Gasteiger partial charge < -0.3 is 14.8 Å². The molecule has 0 bridgehead atoms. The molecule has 3 aromatic rings. The summed E-state index contributed by atoms with van der Waals surface area (Å²) in [5.41, 5.74) is 2.19. The highest BCUT2D eigenvalue weighted by molar-refractivity contribution is 5.87. The van der Waals surface area contributed by atoms with Crippen LogP contribution in [0.1, 0.15) is 30.4 Å². The third kappa shape index (κ3) is 3.11. The van der Waals surface area contributed by atoms with Crippen molar-refractivity contribution < 1.29 is 4.79 Å². The molecule has 1 amide bonds. The van der Waals surface area contributed by atoms with Crippen LogP contribution >= 0.6 is 0 Å². The number of amides is 1. The van der Waals surface area contributed by atoms with Gasteiger partial charge in [-0.15, -0.1) is 0 Å². The number of anilines is 1. The van der Waals surface area contributed by atoms with Gasteiger partial charge >= 0.3 is 0 Å². The van der Waals surface area contributed by atoms with Crippen LogP contribution < -0.4 is 4.90 Å². The van der Waals surface area contributed by atoms with Crippen molar-refractivity contribution in [1.82, 2.24) is 19.9 Å². The van der Waals surface area contributed by atoms with Crippen molar-refractivity contribution >= 4 is 22.8 Å². The van der Waals surface area contributed by atoms with Gasteiger partial charge in [0, 0.05) is 31.4 Å². The molecule has 1 saturated heterocycles. The molecule has 1 spiro atoms. The summed E-state index contributed by atoms with van der Waals surface area (Å²) in [5, 5.41) is 10.3. The van der Waals surface area contributed by atoms with E-state index in [1.807, 2.05) is 30.5 Å². The zero-order valence-corrected chi connectivity index (χ0v) is 16.1. The first-order valence-electron chi connectivity index (χ1n) is 10.0. The molecular weight excluding hydrogens is 364 g/mol. The third-order valence-electron chi connectivity index (χ3n) is 6.25. The number of aromatic amines is 1. The van der Waals surface area contributed by atoms with Crippen LogP contribution in [-0.4, -0.2) is 50.9 Å². The number of aromatic nitrogens is 3. The standard InChI is InChI=1S/C22H22N6O/c23-14-17-4-2-1-3-16(17)13-19(29)28-12-11-27(10-8-22(28)6-7-22)21-18-5-9-24-20(18)25-15-26-21/h1-5,9,15H,6-8,10-13H2,(H,24,25,26). The van der Waals surface area contributed by atoms with Gasteiger partial charge in [-0.25, -0.2) is 9.97 Å². The summed E-state index contributed by atoms with van der Waals surface area (Å²) in [6, 6.07) is 11.6. The Labute approximate surface area is 169 Å². The number of nitrogens with one attached hydrogen (secondary N) is 1. The highest BCUT2D eigenvalue weighted by Crippen LogP contribution is 2.46. The Kier molecular flexibility index (Phi) is 4.20. The smallest absolute Gasteiger partial charge is 0.227 e. The first-order valence-corrected chi connectivity index (χ1v) is 10.0. The van der Waals surface area contributed by atoms with E-state index in [9.17, 15) is 10.1 Å². The fourth-order valence-electron chi connectivity index (χ4n) is 4.47. The number of rotatable bonds is 3. The number of hydrogen-bond donors (Lipinski definition) is 1. The molecule has 0 atom stereocenters. The van der Waals surface area contributed by atoms with Gasteiger partial charge in [0.15, 0.2) is 0 Å². The average Bonchev–Trinajstić information content (AvgIpc) is 3.41. The van der Waals surface area contributed by atoms with Crippen molar-refractivity contribution in [2.45, 2.75) is 31.2 Å². The zero-order valence-electron chi connectivity index (χ0n) is 16.1. The second-order valence-corrected chi connectivity index (χ2v) is 7.89. The minimum absolute atomic E-state index is 0.0300. The van der Waals surface area contributed by atoms with Gasteiger partial charge in [0.2, 0.25) is 5.91 Å². The Hall–Kier alpha value is -3.40. The van der Waals surface area contributed by atoms with E-state index in [4.69, 9.17) is 0 Å². The molecule has 0 unspecified atom stereocenters. The monoisotopic (exact) mass is 386 g/mol. The zero-order chi connectivity index (χ0) is 19.8. The van der Waals surface area contributed by atoms with Gasteiger partial charge in [0.05, 0.1) is 23.4 Å². The maximum atomic E-state index is 13.2. The number of fused-ring (bicyclic) bond motifs is 1. The van der Waals surface area contributed by atoms with Gasteiger partial charge in [-0.1, -0.05) is 18.2 Å². The van der Waals surface area contributed by atoms with Crippen LogP contribution in [0.5, 0.6) is 0 Å². The number of hydrogen-bond acceptors (Lipinski definition) is 5. The SMILES string of the molecule is N#Cc1ccccc1CC(=O)N1CCN(c2ncnc3[nH]ccc23)CCC12CC2. The first kappa shape index (κ1) is 17.7. The Morgan fingerprint density at radius 1 is 1.14 bits per heavy atom. The summed E-state index contributed by atoms with van der Waals surface area (Å²) in [7, 11) is 0. The van der Waals surface area contributed by atoms with Crippen molar-refractivity contribution in [3.8, 4) is 6.07 Å². The van der Waals surface area contributed by atoms with Gasteiger partial charge in [-0.2, -0.15) is 5.26 Å². The fraction of sp³-hybridized carbons (Fsp3) is 0.364. The summed E-state index contributed by atoms with van der Waals surface area (Å²) in [4.78, 5) is 29.5. The Morgan fingerprint density at radius 3 is 2.83 bits per heavy atom. The Balaban J connectivity index is 1.38. The number of carbonyl (C=O) groups excluding carboxylic acids is 1. The molecule has 2 aliphatic rings. The molecule has 5 rings (SSSR count). The van der Waals surface area contributed by atoms with Crippen molar-refractivity contribution in [3.63, 3.8) is 0 Å². The van der Waals surface area contributed by atoms with E-state index < -0.39 is 0 Å². The van der Waals surface area contributed by atoms with Crippen LogP contribution in [0.15, 0.2) is 42.9 Å². The maximum Gasteiger partial charge on any atom is 0.227 e. The summed E-state index contributed by atoms with van der Waals surface area (Å²) in [5.74, 6) is 1.04. The second kappa shape index (κ2) is 6.89. The molecule has 1 aliphatic heterocycles. The fourth-order valence-corrected chi connectivity index (χ4v) is 4.47. The van der Waals surface area contributed by atoms with E-state index in [0.717, 1.165) is 54.8 Å². The van der Waals surface area contributed by atoms with Crippen molar-refractivity contribution in [2.75, 3.05) is 24.5 Å². The normalized spacial score (nSPS) is 17.9. The van der Waals surface area contributed by atoms with E-state index in [1.54, 1.807) is 12.4 Å². The molecule has 29 heavy (non-hydrogen) atoms. The van der Waals surface area contributed by atoms with Gasteiger partial charge in [-0.05, 0) is 37.0 Å². The highest BCUT2D eigenvalue weighted by Gasteiger charge is 2.50. The summed E-state index contributed by atoms with van der Waals surface area (Å²) in [6.07, 6.45) is 6.79. The van der Waals surface area contributed by atoms with Crippen LogP contribution in [0, 0.1) is 11.3 Å². The molecule has 1 aliphatic carbocycles. The minimum Gasteiger partial charge on any atom is -0.354 e. The predicted molar refractivity (Wildman–Crippen MR) is 109 cm³/mol. The number of benzene rings is 1. The minimum atomic E-state index is -0.0300. The van der Waals surface area contributed by atoms with E-state index in [1.165, 1.54) is 0 Å². The van der Waals surface area contributed by atoms with E-state index in [-0.39, 0.29) is 17.9 Å². The van der Waals surface area contributed by atoms with Crippen LogP contribution in [-0.2, 0) is 11.2 Å². The molecule has 1 saturated carbocycles. The summed E-state index contributed by atoms with van der Waals surface area (Å²) >= 11 is 0. The Morgan fingerprint density at radius 2 is 2.00 bits per heavy atom. The number of H-pyrrole nitrogens is 1. The van der Waals surface area contributed by atoms with E-state index >= 15 is 0 Å². The van der Waals surface area contributed by atoms with Crippen LogP contribution in [0.2, 0.25) is 0 Å². The molecule has 2 fully saturated rings. The lowest BCUT2D eigenvalue weighted by molar-refractivity contribution is -0.133. The summed E-state index contributed by atoms with van der Waals surface area (Å²) in [6.45, 7) is 2.28. The molecule has 7 nitrogen and oxygen atoms in total. The topological polar surface area (TPSA) is 88.9 Å². The molecule has 2 aromatic heterocycles. The first-order chi connectivity index (χ1) is 14.2. The third-order valence-corrected chi connectivity index (χ3v) is 6.25. The van der Waals surface area contributed by atoms with Gasteiger partial charge in [0.25, 0.3) is 0 Å². The van der Waals surface area contributed by atoms with E-state index in [2.05, 4.69) is 30.8 Å². The van der Waals surface area contributed by atoms with Crippen molar-refractivity contribution in [2.24, 2.45) is 0 Å². The lowest BCUT2D eigenvalue weighted by Gasteiger charge is -2.30. The number of carbonyl (C=O) groups is 1. The van der Waals surface area contributed by atoms with Crippen molar-refractivity contribution in [1.29, 1.82) is 5.26 Å². The molecule has 1 aromatic carbocycles. The van der Waals surface area contributed by atoms with Crippen LogP contribution in [0.3, 0.4) is 0 Å². The van der Waals surface area contributed by atoms with E-state index in [0.29, 0.717) is 12.1 Å². The predicted octanol–water partition coefficient (Wildman–Crippen LogP) is 2.64. The molecule has 146 valence electrons. The lowest BCUT2D eigenvalue weighted by atomic mass is 10.0. The van der Waals surface area contributed by atoms with Crippen molar-refractivity contribution in [3.05, 3.63) is 54.0 Å². The Bertz CT molecular complexity index is 1110. The lowest BCUT2D eigenvalue weighted by Crippen LogP contribution is -2.44. The average molecular weight is 386 g/mol. The van der Waals surface area contributed by atoms with Crippen LogP contribution in [0.4, 0.5) is 5.82 Å². The van der Waals surface area contributed by atoms with Gasteiger partial charge in [-0.3, -0.25) is 4.79 Å². The number of nitriles is 1. The highest BCUT2D eigenvalue weighted by atomic mass is 16.2. The molecule has 1 N–H and O–H groups in total. The largest absolute Gasteiger partial charge is 0.354 e. The molecular formula is C22H22N6O. The molecule has 0 radical (unpaired) electrons. The molecule has 3 heterocycles. The maximum absolute atomic E-state index is 13.2. The molecule has 7 heteroatoms. The summed E-state index contributed by atoms with van der Waals surface area (Å²) < 4.78 is 0. The second-order valence-electron chi connectivity index (χ2n) is 7.89.